The van der Waals surface area contributed by atoms with Crippen LogP contribution >= 0.6 is 12.6 Å². The van der Waals surface area contributed by atoms with Crippen molar-refractivity contribution in [3.63, 3.8) is 0 Å². The fraction of sp³-hybridized carbons (Fsp3) is 0.333. The van der Waals surface area contributed by atoms with Crippen LogP contribution in [0.2, 0.25) is 0 Å². The van der Waals surface area contributed by atoms with E-state index >= 15 is 0 Å². The molecule has 6 heteroatoms. The summed E-state index contributed by atoms with van der Waals surface area (Å²) < 4.78 is 5.14. The Labute approximate surface area is 165 Å². The molecular formula is C21H24N2O3S. The second-order valence-electron chi connectivity index (χ2n) is 6.77. The van der Waals surface area contributed by atoms with E-state index in [-0.39, 0.29) is 17.1 Å². The Hall–Kier alpha value is -2.47. The summed E-state index contributed by atoms with van der Waals surface area (Å²) in [6, 6.07) is 16.3. The Morgan fingerprint density at radius 2 is 1.81 bits per heavy atom. The molecule has 1 fully saturated rings. The zero-order valence-electron chi connectivity index (χ0n) is 15.5. The molecule has 1 heterocycles. The number of hydrogen-bond acceptors (Lipinski definition) is 4. The summed E-state index contributed by atoms with van der Waals surface area (Å²) in [5.74, 6) is 0.480. The van der Waals surface area contributed by atoms with Crippen LogP contribution in [-0.2, 0) is 11.3 Å². The third kappa shape index (κ3) is 4.45. The Morgan fingerprint density at radius 3 is 2.44 bits per heavy atom. The van der Waals surface area contributed by atoms with Crippen LogP contribution in [0, 0.1) is 0 Å². The summed E-state index contributed by atoms with van der Waals surface area (Å²) >= 11 is 4.53. The number of likely N-dealkylation sites (N-methyl/N-ethyl adjacent to an activating group) is 1. The van der Waals surface area contributed by atoms with E-state index in [1.807, 2.05) is 30.3 Å². The van der Waals surface area contributed by atoms with E-state index in [0.717, 1.165) is 5.56 Å². The maximum Gasteiger partial charge on any atom is 0.254 e. The van der Waals surface area contributed by atoms with E-state index in [2.05, 4.69) is 12.6 Å². The van der Waals surface area contributed by atoms with Gasteiger partial charge in [0.2, 0.25) is 5.91 Å². The molecule has 0 N–H and O–H groups in total. The molecule has 27 heavy (non-hydrogen) atoms. The molecule has 2 amide bonds. The van der Waals surface area contributed by atoms with Crippen molar-refractivity contribution in [2.24, 2.45) is 0 Å². The van der Waals surface area contributed by atoms with Crippen LogP contribution in [0.25, 0.3) is 0 Å². The predicted octanol–water partition coefficient (Wildman–Crippen LogP) is 2.87. The molecule has 5 nitrogen and oxygen atoms in total. The van der Waals surface area contributed by atoms with Crippen LogP contribution in [0.3, 0.4) is 0 Å². The quantitative estimate of drug-likeness (QED) is 0.807. The van der Waals surface area contributed by atoms with E-state index in [1.165, 1.54) is 0 Å². The summed E-state index contributed by atoms with van der Waals surface area (Å²) in [6.45, 7) is 0.974. The number of likely N-dealkylation sites (tertiary alicyclic amines) is 1. The minimum atomic E-state index is -0.490. The number of carbonyl (C=O) groups is 2. The van der Waals surface area contributed by atoms with E-state index < -0.39 is 6.04 Å². The first-order valence-corrected chi connectivity index (χ1v) is 9.43. The number of hydrogen-bond donors (Lipinski definition) is 1. The highest BCUT2D eigenvalue weighted by atomic mass is 32.1. The Bertz CT molecular complexity index is 795. The zero-order chi connectivity index (χ0) is 19.4. The molecule has 142 valence electrons. The molecule has 0 aromatic heterocycles. The van der Waals surface area contributed by atoms with Gasteiger partial charge in [0.05, 0.1) is 7.11 Å². The molecule has 3 rings (SSSR count). The molecule has 0 aliphatic carbocycles. The maximum atomic E-state index is 13.0. The second kappa shape index (κ2) is 8.48. The fourth-order valence-corrected chi connectivity index (χ4v) is 3.74. The summed E-state index contributed by atoms with van der Waals surface area (Å²) in [5, 5.41) is -0.00808. The van der Waals surface area contributed by atoms with Crippen LogP contribution in [0.15, 0.2) is 54.6 Å². The van der Waals surface area contributed by atoms with Crippen LogP contribution in [0.1, 0.15) is 22.3 Å². The molecule has 1 aliphatic heterocycles. The largest absolute Gasteiger partial charge is 0.497 e. The molecular weight excluding hydrogens is 360 g/mol. The van der Waals surface area contributed by atoms with Gasteiger partial charge in [-0.05, 0) is 36.2 Å². The van der Waals surface area contributed by atoms with Crippen LogP contribution in [0.5, 0.6) is 5.75 Å². The molecule has 0 bridgehead atoms. The highest BCUT2D eigenvalue weighted by molar-refractivity contribution is 7.81. The average Bonchev–Trinajstić information content (AvgIpc) is 3.09. The lowest BCUT2D eigenvalue weighted by Gasteiger charge is -2.28. The number of ether oxygens (including phenoxy) is 1. The monoisotopic (exact) mass is 384 g/mol. The van der Waals surface area contributed by atoms with Crippen LogP contribution in [0.4, 0.5) is 0 Å². The number of methoxy groups -OCH3 is 1. The molecule has 1 aliphatic rings. The van der Waals surface area contributed by atoms with Crippen molar-refractivity contribution in [2.75, 3.05) is 20.7 Å². The third-order valence-electron chi connectivity index (χ3n) is 4.80. The summed E-state index contributed by atoms with van der Waals surface area (Å²) in [5.41, 5.74) is 1.60. The zero-order valence-corrected chi connectivity index (χ0v) is 16.4. The molecule has 2 aromatic rings. The number of amides is 2. The van der Waals surface area contributed by atoms with Crippen molar-refractivity contribution in [1.29, 1.82) is 0 Å². The van der Waals surface area contributed by atoms with Crippen molar-refractivity contribution in [1.82, 2.24) is 9.80 Å². The van der Waals surface area contributed by atoms with Gasteiger partial charge in [0.1, 0.15) is 11.8 Å². The Morgan fingerprint density at radius 1 is 1.15 bits per heavy atom. The van der Waals surface area contributed by atoms with E-state index in [1.54, 1.807) is 48.2 Å². The first-order valence-electron chi connectivity index (χ1n) is 8.91. The lowest BCUT2D eigenvalue weighted by atomic mass is 10.1. The highest BCUT2D eigenvalue weighted by Crippen LogP contribution is 2.26. The van der Waals surface area contributed by atoms with Gasteiger partial charge in [-0.3, -0.25) is 9.59 Å². The molecule has 2 aromatic carbocycles. The minimum Gasteiger partial charge on any atom is -0.497 e. The number of nitrogens with zero attached hydrogens (tertiary/aromatic N) is 2. The van der Waals surface area contributed by atoms with Crippen LogP contribution in [-0.4, -0.2) is 53.6 Å². The molecule has 0 unspecified atom stereocenters. The number of benzene rings is 2. The lowest BCUT2D eigenvalue weighted by molar-refractivity contribution is -0.134. The lowest BCUT2D eigenvalue weighted by Crippen LogP contribution is -2.46. The van der Waals surface area contributed by atoms with Gasteiger partial charge in [0.25, 0.3) is 5.91 Å². The van der Waals surface area contributed by atoms with Crippen molar-refractivity contribution in [3.8, 4) is 5.75 Å². The second-order valence-corrected chi connectivity index (χ2v) is 7.50. The van der Waals surface area contributed by atoms with Crippen molar-refractivity contribution in [2.45, 2.75) is 24.3 Å². The topological polar surface area (TPSA) is 49.9 Å². The van der Waals surface area contributed by atoms with E-state index in [4.69, 9.17) is 4.74 Å². The van der Waals surface area contributed by atoms with Gasteiger partial charge in [0, 0.05) is 31.0 Å². The van der Waals surface area contributed by atoms with Gasteiger partial charge in [-0.2, -0.15) is 12.6 Å². The minimum absolute atomic E-state index is 0.00808. The summed E-state index contributed by atoms with van der Waals surface area (Å²) in [7, 11) is 3.36. The van der Waals surface area contributed by atoms with Crippen molar-refractivity contribution >= 4 is 24.4 Å². The molecule has 0 radical (unpaired) electrons. The number of rotatable bonds is 5. The maximum absolute atomic E-state index is 13.0. The van der Waals surface area contributed by atoms with Gasteiger partial charge in [0.15, 0.2) is 0 Å². The Balaban J connectivity index is 1.74. The normalized spacial score (nSPS) is 19.0. The summed E-state index contributed by atoms with van der Waals surface area (Å²) in [4.78, 5) is 29.3. The van der Waals surface area contributed by atoms with Gasteiger partial charge >= 0.3 is 0 Å². The Kier molecular flexibility index (Phi) is 6.06. The molecule has 1 saturated heterocycles. The van der Waals surface area contributed by atoms with Crippen LogP contribution < -0.4 is 4.74 Å². The van der Waals surface area contributed by atoms with Gasteiger partial charge in [-0.25, -0.2) is 0 Å². The highest BCUT2D eigenvalue weighted by Gasteiger charge is 2.39. The first kappa shape index (κ1) is 19.3. The van der Waals surface area contributed by atoms with Gasteiger partial charge in [-0.15, -0.1) is 0 Å². The SMILES string of the molecule is COc1ccc(C(=O)N2C[C@@H](S)C[C@H]2C(=O)N(C)Cc2ccccc2)cc1. The van der Waals surface area contributed by atoms with Crippen molar-refractivity contribution < 1.29 is 14.3 Å². The third-order valence-corrected chi connectivity index (χ3v) is 5.17. The molecule has 0 spiro atoms. The molecule has 0 saturated carbocycles. The average molecular weight is 385 g/mol. The fourth-order valence-electron chi connectivity index (χ4n) is 3.36. The predicted molar refractivity (Wildman–Crippen MR) is 108 cm³/mol. The smallest absolute Gasteiger partial charge is 0.254 e. The number of carbonyl (C=O) groups excluding carboxylic acids is 2. The van der Waals surface area contributed by atoms with Crippen molar-refractivity contribution in [3.05, 3.63) is 65.7 Å². The van der Waals surface area contributed by atoms with Gasteiger partial charge < -0.3 is 14.5 Å². The standard InChI is InChI=1S/C21H24N2O3S/c1-22(13-15-6-4-3-5-7-15)21(25)19-12-18(27)14-23(19)20(24)16-8-10-17(26-2)11-9-16/h3-11,18-19,27H,12-14H2,1-2H3/t18-,19-/m0/s1. The van der Waals surface area contributed by atoms with E-state index in [0.29, 0.717) is 30.8 Å². The van der Waals surface area contributed by atoms with E-state index in [9.17, 15) is 9.59 Å². The molecule has 2 atom stereocenters. The first-order chi connectivity index (χ1) is 13.0. The summed E-state index contributed by atoms with van der Waals surface area (Å²) in [6.07, 6.45) is 0.559. The van der Waals surface area contributed by atoms with Gasteiger partial charge in [-0.1, -0.05) is 30.3 Å². The number of thiol groups is 1.